The molecule has 0 saturated heterocycles. The van der Waals surface area contributed by atoms with E-state index in [4.69, 9.17) is 55.9 Å². The Bertz CT molecular complexity index is 766. The highest BCUT2D eigenvalue weighted by atomic mass is 35.5. The van der Waals surface area contributed by atoms with Crippen LogP contribution in [0.4, 0.5) is 0 Å². The lowest BCUT2D eigenvalue weighted by atomic mass is 10.1. The van der Waals surface area contributed by atoms with E-state index in [1.165, 1.54) is 12.1 Å². The summed E-state index contributed by atoms with van der Waals surface area (Å²) in [7, 11) is 0. The van der Waals surface area contributed by atoms with E-state index in [2.05, 4.69) is 0 Å². The fourth-order valence-corrected chi connectivity index (χ4v) is 2.93. The molecule has 0 saturated carbocycles. The van der Waals surface area contributed by atoms with Gasteiger partial charge < -0.3 is 14.6 Å². The molecule has 0 heterocycles. The molecule has 2 rings (SSSR count). The fraction of sp³-hybridized carbons (Fsp3) is 0.235. The fourth-order valence-electron chi connectivity index (χ4n) is 2.02. The molecule has 0 aliphatic heterocycles. The summed E-state index contributed by atoms with van der Waals surface area (Å²) in [5.41, 5.74) is 0. The summed E-state index contributed by atoms with van der Waals surface area (Å²) >= 11 is 23.7. The van der Waals surface area contributed by atoms with Gasteiger partial charge in [0.25, 0.3) is 0 Å². The Hall–Kier alpha value is -1.33. The molecular formula is C17H14Cl4O4. The number of carbonyl (C=O) groups is 1. The maximum absolute atomic E-state index is 11.6. The van der Waals surface area contributed by atoms with Crippen molar-refractivity contribution in [3.63, 3.8) is 0 Å². The van der Waals surface area contributed by atoms with Crippen molar-refractivity contribution in [2.24, 2.45) is 5.92 Å². The van der Waals surface area contributed by atoms with Crippen LogP contribution < -0.4 is 9.47 Å². The highest BCUT2D eigenvalue weighted by Crippen LogP contribution is 2.31. The van der Waals surface area contributed by atoms with Gasteiger partial charge in [0, 0.05) is 16.0 Å². The molecule has 25 heavy (non-hydrogen) atoms. The van der Waals surface area contributed by atoms with E-state index >= 15 is 0 Å². The SMILES string of the molecule is CC(COc1ccc(Cl)cc1Cl)C(Oc1ccc(Cl)cc1Cl)C(=O)O. The van der Waals surface area contributed by atoms with Gasteiger partial charge in [-0.2, -0.15) is 0 Å². The smallest absolute Gasteiger partial charge is 0.345 e. The van der Waals surface area contributed by atoms with Gasteiger partial charge in [0.05, 0.1) is 16.7 Å². The predicted octanol–water partition coefficient (Wildman–Crippen LogP) is 5.85. The van der Waals surface area contributed by atoms with Crippen LogP contribution >= 0.6 is 46.4 Å². The highest BCUT2D eigenvalue weighted by molar-refractivity contribution is 6.36. The van der Waals surface area contributed by atoms with E-state index in [1.54, 1.807) is 31.2 Å². The first-order valence-electron chi connectivity index (χ1n) is 7.20. The summed E-state index contributed by atoms with van der Waals surface area (Å²) in [5, 5.41) is 10.9. The number of hydrogen-bond acceptors (Lipinski definition) is 3. The molecule has 0 amide bonds. The molecule has 4 nitrogen and oxygen atoms in total. The molecule has 134 valence electrons. The van der Waals surface area contributed by atoms with Crippen molar-refractivity contribution in [1.82, 2.24) is 0 Å². The predicted molar refractivity (Wildman–Crippen MR) is 99.6 cm³/mol. The Morgan fingerprint density at radius 1 is 1.00 bits per heavy atom. The Morgan fingerprint density at radius 3 is 2.00 bits per heavy atom. The van der Waals surface area contributed by atoms with Crippen molar-refractivity contribution >= 4 is 52.4 Å². The van der Waals surface area contributed by atoms with E-state index in [9.17, 15) is 9.90 Å². The van der Waals surface area contributed by atoms with E-state index in [0.29, 0.717) is 20.8 Å². The standard InChI is InChI=1S/C17H14Cl4O4/c1-9(8-24-14-4-2-10(18)6-12(14)20)16(17(22)23)25-15-5-3-11(19)7-13(15)21/h2-7,9,16H,8H2,1H3,(H,22,23). The van der Waals surface area contributed by atoms with Crippen LogP contribution in [0.2, 0.25) is 20.1 Å². The summed E-state index contributed by atoms with van der Waals surface area (Å²) in [6, 6.07) is 9.35. The van der Waals surface area contributed by atoms with E-state index in [1.807, 2.05) is 0 Å². The first-order chi connectivity index (χ1) is 11.8. The maximum atomic E-state index is 11.6. The number of rotatable bonds is 7. The van der Waals surface area contributed by atoms with E-state index in [-0.39, 0.29) is 17.4 Å². The molecule has 2 atom stereocenters. The van der Waals surface area contributed by atoms with E-state index < -0.39 is 18.0 Å². The summed E-state index contributed by atoms with van der Waals surface area (Å²) in [5.74, 6) is -0.985. The van der Waals surface area contributed by atoms with Gasteiger partial charge in [-0.05, 0) is 36.4 Å². The summed E-state index contributed by atoms with van der Waals surface area (Å²) in [6.45, 7) is 1.76. The van der Waals surface area contributed by atoms with Crippen LogP contribution in [0.1, 0.15) is 6.92 Å². The first-order valence-corrected chi connectivity index (χ1v) is 8.71. The minimum Gasteiger partial charge on any atom is -0.492 e. The number of carboxylic acid groups (broad SMARTS) is 1. The molecule has 0 fully saturated rings. The average Bonchev–Trinajstić information content (AvgIpc) is 2.52. The highest BCUT2D eigenvalue weighted by Gasteiger charge is 2.28. The summed E-state index contributed by atoms with van der Waals surface area (Å²) in [4.78, 5) is 11.6. The zero-order valence-corrected chi connectivity index (χ0v) is 16.0. The first kappa shape index (κ1) is 20.0. The lowest BCUT2D eigenvalue weighted by Gasteiger charge is -2.22. The van der Waals surface area contributed by atoms with Crippen molar-refractivity contribution in [3.05, 3.63) is 56.5 Å². The van der Waals surface area contributed by atoms with Crippen LogP contribution in [0.5, 0.6) is 11.5 Å². The minimum absolute atomic E-state index is 0.0729. The molecule has 0 aromatic heterocycles. The van der Waals surface area contributed by atoms with Crippen LogP contribution in [-0.4, -0.2) is 23.8 Å². The Balaban J connectivity index is 2.07. The van der Waals surface area contributed by atoms with Crippen molar-refractivity contribution < 1.29 is 19.4 Å². The van der Waals surface area contributed by atoms with Gasteiger partial charge in [0.2, 0.25) is 6.10 Å². The van der Waals surface area contributed by atoms with Gasteiger partial charge in [0.1, 0.15) is 11.5 Å². The zero-order chi connectivity index (χ0) is 18.6. The van der Waals surface area contributed by atoms with Gasteiger partial charge in [-0.1, -0.05) is 53.3 Å². The normalized spacial score (nSPS) is 13.2. The molecule has 8 heteroatoms. The molecule has 0 spiro atoms. The lowest BCUT2D eigenvalue weighted by molar-refractivity contribution is -0.148. The Kier molecular flexibility index (Phi) is 7.08. The monoisotopic (exact) mass is 422 g/mol. The zero-order valence-electron chi connectivity index (χ0n) is 13.0. The maximum Gasteiger partial charge on any atom is 0.345 e. The number of ether oxygens (including phenoxy) is 2. The molecule has 0 aliphatic carbocycles. The topological polar surface area (TPSA) is 55.8 Å². The number of carboxylic acids is 1. The Labute approximate surface area is 165 Å². The second kappa shape index (κ2) is 8.86. The van der Waals surface area contributed by atoms with Crippen LogP contribution in [0.15, 0.2) is 36.4 Å². The molecule has 2 aromatic rings. The quantitative estimate of drug-likeness (QED) is 0.606. The van der Waals surface area contributed by atoms with Crippen LogP contribution in [0, 0.1) is 5.92 Å². The van der Waals surface area contributed by atoms with Crippen molar-refractivity contribution in [1.29, 1.82) is 0 Å². The summed E-state index contributed by atoms with van der Waals surface area (Å²) in [6.07, 6.45) is -1.16. The van der Waals surface area contributed by atoms with Crippen LogP contribution in [0.3, 0.4) is 0 Å². The lowest BCUT2D eigenvalue weighted by Crippen LogP contribution is -2.36. The second-order valence-electron chi connectivity index (χ2n) is 5.31. The average molecular weight is 424 g/mol. The van der Waals surface area contributed by atoms with Crippen molar-refractivity contribution in [3.8, 4) is 11.5 Å². The van der Waals surface area contributed by atoms with Crippen molar-refractivity contribution in [2.45, 2.75) is 13.0 Å². The van der Waals surface area contributed by atoms with Gasteiger partial charge in [-0.25, -0.2) is 4.79 Å². The third kappa shape index (κ3) is 5.58. The van der Waals surface area contributed by atoms with Gasteiger partial charge >= 0.3 is 5.97 Å². The third-order valence-corrected chi connectivity index (χ3v) is 4.36. The largest absolute Gasteiger partial charge is 0.492 e. The molecule has 2 aromatic carbocycles. The minimum atomic E-state index is -1.16. The van der Waals surface area contributed by atoms with Crippen LogP contribution in [0.25, 0.3) is 0 Å². The number of halogens is 4. The van der Waals surface area contributed by atoms with Gasteiger partial charge in [0.15, 0.2) is 0 Å². The number of benzene rings is 2. The molecule has 0 radical (unpaired) electrons. The number of hydrogen-bond donors (Lipinski definition) is 1. The molecule has 0 bridgehead atoms. The molecule has 1 N–H and O–H groups in total. The second-order valence-corrected chi connectivity index (χ2v) is 7.00. The molecule has 2 unspecified atom stereocenters. The van der Waals surface area contributed by atoms with E-state index in [0.717, 1.165) is 0 Å². The van der Waals surface area contributed by atoms with Gasteiger partial charge in [-0.3, -0.25) is 0 Å². The van der Waals surface area contributed by atoms with Gasteiger partial charge in [-0.15, -0.1) is 0 Å². The summed E-state index contributed by atoms with van der Waals surface area (Å²) < 4.78 is 11.1. The van der Waals surface area contributed by atoms with Crippen molar-refractivity contribution in [2.75, 3.05) is 6.61 Å². The third-order valence-electron chi connectivity index (χ3n) is 3.30. The van der Waals surface area contributed by atoms with Crippen LogP contribution in [-0.2, 0) is 4.79 Å². The molecule has 0 aliphatic rings. The Morgan fingerprint density at radius 2 is 1.52 bits per heavy atom. The number of aliphatic carboxylic acids is 1. The molecular weight excluding hydrogens is 410 g/mol.